The highest BCUT2D eigenvalue weighted by atomic mass is 35.5. The topological polar surface area (TPSA) is 50.2 Å². The SMILES string of the molecule is CC(Cc1c(Cl)ccc2cccnc12)C(=O)O. The highest BCUT2D eigenvalue weighted by Gasteiger charge is 2.16. The van der Waals surface area contributed by atoms with Crippen molar-refractivity contribution < 1.29 is 9.90 Å². The van der Waals surface area contributed by atoms with Gasteiger partial charge < -0.3 is 5.11 Å². The van der Waals surface area contributed by atoms with Gasteiger partial charge in [-0.1, -0.05) is 30.7 Å². The molecule has 0 bridgehead atoms. The second-order valence-corrected chi connectivity index (χ2v) is 4.45. The lowest BCUT2D eigenvalue weighted by Crippen LogP contribution is -2.13. The number of aliphatic carboxylic acids is 1. The van der Waals surface area contributed by atoms with Gasteiger partial charge in [0.25, 0.3) is 0 Å². The fraction of sp³-hybridized carbons (Fsp3) is 0.231. The third kappa shape index (κ3) is 2.39. The van der Waals surface area contributed by atoms with E-state index in [1.165, 1.54) is 0 Å². The van der Waals surface area contributed by atoms with Gasteiger partial charge >= 0.3 is 5.97 Å². The summed E-state index contributed by atoms with van der Waals surface area (Å²) in [5, 5.41) is 10.5. The summed E-state index contributed by atoms with van der Waals surface area (Å²) in [6.07, 6.45) is 2.08. The van der Waals surface area contributed by atoms with Crippen LogP contribution in [0.1, 0.15) is 12.5 Å². The molecule has 17 heavy (non-hydrogen) atoms. The third-order valence-electron chi connectivity index (χ3n) is 2.75. The molecule has 88 valence electrons. The van der Waals surface area contributed by atoms with Crippen molar-refractivity contribution in [2.24, 2.45) is 5.92 Å². The number of carbonyl (C=O) groups is 1. The van der Waals surface area contributed by atoms with E-state index in [1.807, 2.05) is 18.2 Å². The first-order chi connectivity index (χ1) is 8.09. The quantitative estimate of drug-likeness (QED) is 0.909. The Balaban J connectivity index is 2.51. The molecule has 0 fully saturated rings. The van der Waals surface area contributed by atoms with Gasteiger partial charge in [-0.15, -0.1) is 0 Å². The first-order valence-corrected chi connectivity index (χ1v) is 5.72. The average Bonchev–Trinajstić information content (AvgIpc) is 2.32. The number of benzene rings is 1. The Morgan fingerprint density at radius 2 is 2.24 bits per heavy atom. The summed E-state index contributed by atoms with van der Waals surface area (Å²) in [6, 6.07) is 7.46. The third-order valence-corrected chi connectivity index (χ3v) is 3.11. The maximum atomic E-state index is 10.9. The van der Waals surface area contributed by atoms with Crippen LogP contribution in [-0.2, 0) is 11.2 Å². The van der Waals surface area contributed by atoms with Gasteiger partial charge in [-0.05, 0) is 24.1 Å². The Kier molecular flexibility index (Phi) is 3.29. The van der Waals surface area contributed by atoms with Crippen molar-refractivity contribution >= 4 is 28.5 Å². The van der Waals surface area contributed by atoms with Crippen LogP contribution in [0.5, 0.6) is 0 Å². The summed E-state index contributed by atoms with van der Waals surface area (Å²) < 4.78 is 0. The summed E-state index contributed by atoms with van der Waals surface area (Å²) in [7, 11) is 0. The van der Waals surface area contributed by atoms with Crippen LogP contribution in [0.2, 0.25) is 5.02 Å². The molecule has 0 saturated heterocycles. The molecule has 3 nitrogen and oxygen atoms in total. The Hall–Kier alpha value is -1.61. The van der Waals surface area contributed by atoms with Crippen LogP contribution < -0.4 is 0 Å². The van der Waals surface area contributed by atoms with Gasteiger partial charge in [0.05, 0.1) is 11.4 Å². The lowest BCUT2D eigenvalue weighted by molar-refractivity contribution is -0.141. The van der Waals surface area contributed by atoms with Gasteiger partial charge in [-0.2, -0.15) is 0 Å². The molecule has 0 aliphatic rings. The van der Waals surface area contributed by atoms with Crippen LogP contribution >= 0.6 is 11.6 Å². The van der Waals surface area contributed by atoms with E-state index in [2.05, 4.69) is 4.98 Å². The molecule has 1 N–H and O–H groups in total. The molecule has 0 amide bonds. The van der Waals surface area contributed by atoms with Crippen molar-refractivity contribution in [1.29, 1.82) is 0 Å². The smallest absolute Gasteiger partial charge is 0.306 e. The highest BCUT2D eigenvalue weighted by molar-refractivity contribution is 6.32. The molecule has 0 radical (unpaired) electrons. The minimum atomic E-state index is -0.825. The van der Waals surface area contributed by atoms with E-state index in [1.54, 1.807) is 19.2 Å². The maximum absolute atomic E-state index is 10.9. The average molecular weight is 250 g/mol. The summed E-state index contributed by atoms with van der Waals surface area (Å²) >= 11 is 6.12. The van der Waals surface area contributed by atoms with E-state index in [0.29, 0.717) is 11.4 Å². The molecule has 0 aliphatic heterocycles. The fourth-order valence-electron chi connectivity index (χ4n) is 1.77. The minimum absolute atomic E-state index is 0.391. The van der Waals surface area contributed by atoms with Gasteiger partial charge in [0.1, 0.15) is 0 Å². The van der Waals surface area contributed by atoms with Gasteiger partial charge in [-0.3, -0.25) is 9.78 Å². The van der Waals surface area contributed by atoms with Gasteiger partial charge in [0.2, 0.25) is 0 Å². The van der Waals surface area contributed by atoms with Crippen LogP contribution in [0.4, 0.5) is 0 Å². The molecule has 0 aliphatic carbocycles. The summed E-state index contributed by atoms with van der Waals surface area (Å²) in [6.45, 7) is 1.67. The summed E-state index contributed by atoms with van der Waals surface area (Å²) in [5.74, 6) is -1.30. The Morgan fingerprint density at radius 3 is 2.94 bits per heavy atom. The van der Waals surface area contributed by atoms with E-state index in [9.17, 15) is 4.79 Å². The molecule has 2 rings (SSSR count). The van der Waals surface area contributed by atoms with Crippen molar-refractivity contribution in [2.45, 2.75) is 13.3 Å². The largest absolute Gasteiger partial charge is 0.481 e. The van der Waals surface area contributed by atoms with E-state index in [-0.39, 0.29) is 0 Å². The van der Waals surface area contributed by atoms with E-state index >= 15 is 0 Å². The molecule has 1 aromatic heterocycles. The van der Waals surface area contributed by atoms with Crippen molar-refractivity contribution in [3.05, 3.63) is 41.0 Å². The first kappa shape index (κ1) is 11.9. The summed E-state index contributed by atoms with van der Waals surface area (Å²) in [5.41, 5.74) is 1.59. The zero-order chi connectivity index (χ0) is 12.4. The zero-order valence-electron chi connectivity index (χ0n) is 9.35. The molecule has 1 unspecified atom stereocenters. The second-order valence-electron chi connectivity index (χ2n) is 4.04. The van der Waals surface area contributed by atoms with Gasteiger partial charge in [0.15, 0.2) is 0 Å². The molecule has 1 aromatic carbocycles. The lowest BCUT2D eigenvalue weighted by Gasteiger charge is -2.10. The molecule has 1 heterocycles. The lowest BCUT2D eigenvalue weighted by atomic mass is 9.99. The van der Waals surface area contributed by atoms with Gasteiger partial charge in [-0.25, -0.2) is 0 Å². The Morgan fingerprint density at radius 1 is 1.47 bits per heavy atom. The second kappa shape index (κ2) is 4.72. The zero-order valence-corrected chi connectivity index (χ0v) is 10.1. The molecular weight excluding hydrogens is 238 g/mol. The number of nitrogens with zero attached hydrogens (tertiary/aromatic N) is 1. The van der Waals surface area contributed by atoms with Crippen LogP contribution in [0.25, 0.3) is 10.9 Å². The number of hydrogen-bond acceptors (Lipinski definition) is 2. The number of carboxylic acid groups (broad SMARTS) is 1. The Labute approximate surface area is 104 Å². The molecule has 0 saturated carbocycles. The van der Waals surface area contributed by atoms with Gasteiger partial charge in [0, 0.05) is 16.6 Å². The summed E-state index contributed by atoms with van der Waals surface area (Å²) in [4.78, 5) is 15.2. The standard InChI is InChI=1S/C13H12ClNO2/c1-8(13(16)17)7-10-11(14)5-4-9-3-2-6-15-12(9)10/h2-6,8H,7H2,1H3,(H,16,17). The van der Waals surface area contributed by atoms with Crippen LogP contribution in [-0.4, -0.2) is 16.1 Å². The van der Waals surface area contributed by atoms with Crippen molar-refractivity contribution in [3.63, 3.8) is 0 Å². The number of pyridine rings is 1. The predicted molar refractivity (Wildman–Crippen MR) is 67.3 cm³/mol. The van der Waals surface area contributed by atoms with E-state index < -0.39 is 11.9 Å². The number of halogens is 1. The monoisotopic (exact) mass is 249 g/mol. The number of hydrogen-bond donors (Lipinski definition) is 1. The molecule has 1 atom stereocenters. The van der Waals surface area contributed by atoms with Crippen molar-refractivity contribution in [2.75, 3.05) is 0 Å². The predicted octanol–water partition coefficient (Wildman–Crippen LogP) is 3.15. The van der Waals surface area contributed by atoms with Crippen LogP contribution in [0.3, 0.4) is 0 Å². The maximum Gasteiger partial charge on any atom is 0.306 e. The van der Waals surface area contributed by atoms with E-state index in [0.717, 1.165) is 16.5 Å². The highest BCUT2D eigenvalue weighted by Crippen LogP contribution is 2.26. The van der Waals surface area contributed by atoms with Crippen molar-refractivity contribution in [3.8, 4) is 0 Å². The minimum Gasteiger partial charge on any atom is -0.481 e. The fourth-order valence-corrected chi connectivity index (χ4v) is 2.00. The molecule has 2 aromatic rings. The number of rotatable bonds is 3. The number of aromatic nitrogens is 1. The van der Waals surface area contributed by atoms with E-state index in [4.69, 9.17) is 16.7 Å². The molecular formula is C13H12ClNO2. The van der Waals surface area contributed by atoms with Crippen molar-refractivity contribution in [1.82, 2.24) is 4.98 Å². The number of carboxylic acids is 1. The molecule has 4 heteroatoms. The van der Waals surface area contributed by atoms with Crippen LogP contribution in [0, 0.1) is 5.92 Å². The molecule has 0 spiro atoms. The normalized spacial score (nSPS) is 12.6. The van der Waals surface area contributed by atoms with Crippen LogP contribution in [0.15, 0.2) is 30.5 Å². The Bertz CT molecular complexity index is 568. The first-order valence-electron chi connectivity index (χ1n) is 5.34. The number of fused-ring (bicyclic) bond motifs is 1.